The monoisotopic (exact) mass is 683 g/mol. The fourth-order valence-corrected chi connectivity index (χ4v) is 5.97. The largest absolute Gasteiger partial charge is 0.480 e. The van der Waals surface area contributed by atoms with Crippen molar-refractivity contribution in [2.75, 3.05) is 6.54 Å². The zero-order chi connectivity index (χ0) is 35.7. The van der Waals surface area contributed by atoms with Crippen molar-refractivity contribution in [2.45, 2.75) is 219 Å². The van der Waals surface area contributed by atoms with Crippen molar-refractivity contribution in [2.24, 2.45) is 0 Å². The van der Waals surface area contributed by atoms with Crippen LogP contribution in [-0.4, -0.2) is 58.8 Å². The molecule has 48 heavy (non-hydrogen) atoms. The van der Waals surface area contributed by atoms with Gasteiger partial charge in [-0.1, -0.05) is 162 Å². The van der Waals surface area contributed by atoms with Crippen LogP contribution in [0.25, 0.3) is 0 Å². The van der Waals surface area contributed by atoms with Gasteiger partial charge in [-0.2, -0.15) is 0 Å². The Morgan fingerprint density at radius 3 is 1.38 bits per heavy atom. The molecule has 0 saturated heterocycles. The number of hydrogen-bond donors (Lipinski definition) is 4. The van der Waals surface area contributed by atoms with Crippen LogP contribution >= 0.6 is 0 Å². The number of unbranched alkanes of at least 4 members (excludes halogenated alkanes) is 23. The molecule has 0 rings (SSSR count). The van der Waals surface area contributed by atoms with E-state index in [1.54, 1.807) is 0 Å². The molecule has 0 aromatic carbocycles. The molecule has 0 fully saturated rings. The molecule has 0 heterocycles. The Labute approximate surface area is 293 Å². The minimum Gasteiger partial charge on any atom is -0.480 e. The third kappa shape index (κ3) is 28.8. The summed E-state index contributed by atoms with van der Waals surface area (Å²) in [5.41, 5.74) is 0. The second-order valence-electron chi connectivity index (χ2n) is 13.8. The summed E-state index contributed by atoms with van der Waals surface area (Å²) in [5.74, 6) is -2.73. The minimum absolute atomic E-state index is 0.0256. The Hall–Kier alpha value is -2.16. The first-order valence-corrected chi connectivity index (χ1v) is 19.9. The zero-order valence-electron chi connectivity index (χ0n) is 31.2. The predicted octanol–water partition coefficient (Wildman–Crippen LogP) is 8.93. The average molecular weight is 683 g/mol. The summed E-state index contributed by atoms with van der Waals surface area (Å²) in [6.07, 6.45) is 28.7. The van der Waals surface area contributed by atoms with E-state index in [4.69, 9.17) is 9.84 Å². The minimum atomic E-state index is -1.42. The number of ether oxygens (including phenoxy) is 1. The highest BCUT2D eigenvalue weighted by molar-refractivity contribution is 5.86. The number of aliphatic hydroxyl groups excluding tert-OH is 1. The van der Waals surface area contributed by atoms with Crippen LogP contribution in [-0.2, 0) is 23.9 Å². The van der Waals surface area contributed by atoms with Crippen molar-refractivity contribution < 1.29 is 34.1 Å². The van der Waals surface area contributed by atoms with Crippen LogP contribution in [0.15, 0.2) is 0 Å². The number of esters is 1. The van der Waals surface area contributed by atoms with Crippen LogP contribution < -0.4 is 10.6 Å². The Balaban J connectivity index is 4.46. The molecule has 0 aliphatic heterocycles. The highest BCUT2D eigenvalue weighted by atomic mass is 16.5. The average Bonchev–Trinajstić information content (AvgIpc) is 3.05. The van der Waals surface area contributed by atoms with E-state index in [-0.39, 0.29) is 25.4 Å². The van der Waals surface area contributed by atoms with Crippen LogP contribution in [0.3, 0.4) is 0 Å². The van der Waals surface area contributed by atoms with Gasteiger partial charge < -0.3 is 25.6 Å². The number of hydrogen-bond acceptors (Lipinski definition) is 6. The van der Waals surface area contributed by atoms with E-state index in [9.17, 15) is 24.3 Å². The fourth-order valence-electron chi connectivity index (χ4n) is 5.97. The first kappa shape index (κ1) is 45.8. The number of amides is 2. The molecule has 0 aliphatic rings. The molecule has 0 aromatic heterocycles. The number of nitrogens with one attached hydrogen (secondary N) is 2. The van der Waals surface area contributed by atoms with E-state index in [1.807, 2.05) is 0 Å². The highest BCUT2D eigenvalue weighted by Gasteiger charge is 2.26. The number of rotatable bonds is 35. The summed E-state index contributed by atoms with van der Waals surface area (Å²) in [6.45, 7) is 5.74. The van der Waals surface area contributed by atoms with Crippen LogP contribution in [0, 0.1) is 0 Å². The number of aliphatic hydroxyl groups is 1. The lowest BCUT2D eigenvalue weighted by Crippen LogP contribution is -2.48. The first-order chi connectivity index (χ1) is 23.2. The van der Waals surface area contributed by atoms with E-state index < -0.39 is 36.0 Å². The molecule has 9 nitrogen and oxygen atoms in total. The summed E-state index contributed by atoms with van der Waals surface area (Å²) in [7, 11) is 0. The quantitative estimate of drug-likeness (QED) is 0.0386. The van der Waals surface area contributed by atoms with Gasteiger partial charge in [0.05, 0.1) is 6.10 Å². The Kier molecular flexibility index (Phi) is 31.8. The molecule has 0 aliphatic carbocycles. The molecule has 282 valence electrons. The van der Waals surface area contributed by atoms with Crippen LogP contribution in [0.4, 0.5) is 0 Å². The van der Waals surface area contributed by atoms with Crippen molar-refractivity contribution in [3.63, 3.8) is 0 Å². The van der Waals surface area contributed by atoms with Gasteiger partial charge in [0.2, 0.25) is 5.91 Å². The van der Waals surface area contributed by atoms with E-state index in [2.05, 4.69) is 24.5 Å². The number of carbonyl (C=O) groups is 4. The van der Waals surface area contributed by atoms with Gasteiger partial charge in [-0.3, -0.25) is 14.4 Å². The maximum Gasteiger partial charge on any atom is 0.328 e. The summed E-state index contributed by atoms with van der Waals surface area (Å²) >= 11 is 0. The fraction of sp³-hybridized carbons (Fsp3) is 0.897. The maximum atomic E-state index is 13.0. The van der Waals surface area contributed by atoms with Crippen molar-refractivity contribution in [3.8, 4) is 0 Å². The number of aliphatic carboxylic acids is 1. The summed E-state index contributed by atoms with van der Waals surface area (Å²) in [4.78, 5) is 49.0. The standard InChI is InChI=1S/C39H74N2O7/c1-4-6-8-10-12-14-16-18-20-22-24-26-28-30-36(44)48-34(29-27-25-23-21-19-17-15-13-11-9-7-5-2)38(45)40-32-31-35(43)41-37(33(3)42)39(46)47/h33-34,37,42H,4-32H2,1-3H3,(H,40,45)(H,41,43)(H,46,47)/t33?,34?,37-/m0/s1. The summed E-state index contributed by atoms with van der Waals surface area (Å²) in [5, 5.41) is 23.7. The van der Waals surface area contributed by atoms with Gasteiger partial charge in [0.1, 0.15) is 0 Å². The zero-order valence-corrected chi connectivity index (χ0v) is 31.2. The van der Waals surface area contributed by atoms with Gasteiger partial charge in [0, 0.05) is 19.4 Å². The van der Waals surface area contributed by atoms with Crippen molar-refractivity contribution in [3.05, 3.63) is 0 Å². The van der Waals surface area contributed by atoms with Gasteiger partial charge >= 0.3 is 11.9 Å². The topological polar surface area (TPSA) is 142 Å². The van der Waals surface area contributed by atoms with E-state index in [1.165, 1.54) is 129 Å². The Morgan fingerprint density at radius 2 is 0.979 bits per heavy atom. The normalized spacial score (nSPS) is 13.1. The summed E-state index contributed by atoms with van der Waals surface area (Å²) in [6, 6.07) is -1.42. The van der Waals surface area contributed by atoms with Crippen LogP contribution in [0.2, 0.25) is 0 Å². The van der Waals surface area contributed by atoms with Crippen molar-refractivity contribution in [1.29, 1.82) is 0 Å². The van der Waals surface area contributed by atoms with Gasteiger partial charge in [0.25, 0.3) is 5.91 Å². The molecular weight excluding hydrogens is 608 g/mol. The molecule has 0 radical (unpaired) electrons. The predicted molar refractivity (Wildman–Crippen MR) is 195 cm³/mol. The number of carbonyl (C=O) groups excluding carboxylic acids is 3. The SMILES string of the molecule is CCCCCCCCCCCCCCCC(=O)OC(CCCCCCCCCCCCCC)C(=O)NCCC(=O)N[C@H](C(=O)O)C(C)O. The van der Waals surface area contributed by atoms with E-state index in [0.717, 1.165) is 38.5 Å². The smallest absolute Gasteiger partial charge is 0.328 e. The lowest BCUT2D eigenvalue weighted by Gasteiger charge is -2.19. The summed E-state index contributed by atoms with van der Waals surface area (Å²) < 4.78 is 5.64. The van der Waals surface area contributed by atoms with Gasteiger partial charge in [0.15, 0.2) is 12.1 Å². The second kappa shape index (κ2) is 33.3. The van der Waals surface area contributed by atoms with Crippen LogP contribution in [0.1, 0.15) is 201 Å². The Morgan fingerprint density at radius 1 is 0.583 bits per heavy atom. The third-order valence-corrected chi connectivity index (χ3v) is 9.09. The Bertz CT molecular complexity index is 805. The lowest BCUT2D eigenvalue weighted by molar-refractivity contribution is -0.156. The highest BCUT2D eigenvalue weighted by Crippen LogP contribution is 2.16. The molecule has 3 atom stereocenters. The molecule has 0 saturated carbocycles. The third-order valence-electron chi connectivity index (χ3n) is 9.09. The maximum absolute atomic E-state index is 13.0. The van der Waals surface area contributed by atoms with Gasteiger partial charge in [-0.15, -0.1) is 0 Å². The number of carboxylic acid groups (broad SMARTS) is 1. The van der Waals surface area contributed by atoms with Crippen molar-refractivity contribution in [1.82, 2.24) is 10.6 Å². The van der Waals surface area contributed by atoms with Gasteiger partial charge in [-0.05, 0) is 26.2 Å². The van der Waals surface area contributed by atoms with E-state index in [0.29, 0.717) is 6.42 Å². The molecular formula is C39H74N2O7. The number of carboxylic acids is 1. The molecule has 9 heteroatoms. The lowest BCUT2D eigenvalue weighted by atomic mass is 10.0. The molecule has 2 amide bonds. The molecule has 2 unspecified atom stereocenters. The van der Waals surface area contributed by atoms with Crippen molar-refractivity contribution >= 4 is 23.8 Å². The van der Waals surface area contributed by atoms with Gasteiger partial charge in [-0.25, -0.2) is 4.79 Å². The molecule has 0 spiro atoms. The molecule has 4 N–H and O–H groups in total. The molecule has 0 aromatic rings. The first-order valence-electron chi connectivity index (χ1n) is 19.9. The second-order valence-corrected chi connectivity index (χ2v) is 13.8. The van der Waals surface area contributed by atoms with E-state index >= 15 is 0 Å². The molecule has 0 bridgehead atoms. The van der Waals surface area contributed by atoms with Crippen LogP contribution in [0.5, 0.6) is 0 Å².